The predicted molar refractivity (Wildman–Crippen MR) is 55.0 cm³/mol. The Balaban J connectivity index is 2.89. The van der Waals surface area contributed by atoms with Crippen LogP contribution in [0.1, 0.15) is 31.4 Å². The van der Waals surface area contributed by atoms with Crippen molar-refractivity contribution in [2.24, 2.45) is 11.7 Å². The van der Waals surface area contributed by atoms with Crippen LogP contribution in [0, 0.1) is 5.92 Å². The van der Waals surface area contributed by atoms with Crippen LogP contribution in [-0.4, -0.2) is 21.4 Å². The number of Topliss-reactive ketones (excluding diaryl/α,β-unsaturated/α-hetero) is 1. The molecule has 0 saturated heterocycles. The van der Waals surface area contributed by atoms with Crippen molar-refractivity contribution in [3.8, 4) is 0 Å². The van der Waals surface area contributed by atoms with Crippen LogP contribution in [-0.2, 0) is 6.54 Å². The summed E-state index contributed by atoms with van der Waals surface area (Å²) >= 11 is 0. The molecule has 2 N–H and O–H groups in total. The second-order valence-corrected chi connectivity index (χ2v) is 3.55. The normalized spacial score (nSPS) is 15.1. The van der Waals surface area contributed by atoms with Gasteiger partial charge in [0.2, 0.25) is 5.78 Å². The topological polar surface area (TPSA) is 60.9 Å². The Hall–Kier alpha value is -1.16. The summed E-state index contributed by atoms with van der Waals surface area (Å²) < 4.78 is 1.83. The van der Waals surface area contributed by atoms with Crippen LogP contribution in [0.15, 0.2) is 12.4 Å². The summed E-state index contributed by atoms with van der Waals surface area (Å²) in [5.74, 6) is 0.354. The first-order valence-corrected chi connectivity index (χ1v) is 4.88. The van der Waals surface area contributed by atoms with Gasteiger partial charge in [0.15, 0.2) is 5.82 Å². The third kappa shape index (κ3) is 2.01. The van der Waals surface area contributed by atoms with E-state index in [1.807, 2.05) is 25.3 Å². The smallest absolute Gasteiger partial charge is 0.202 e. The highest BCUT2D eigenvalue weighted by Crippen LogP contribution is 2.09. The van der Waals surface area contributed by atoms with E-state index in [0.29, 0.717) is 5.82 Å². The Morgan fingerprint density at radius 1 is 1.64 bits per heavy atom. The lowest BCUT2D eigenvalue weighted by molar-refractivity contribution is 0.0902. The number of rotatable bonds is 4. The van der Waals surface area contributed by atoms with Crippen molar-refractivity contribution in [2.75, 3.05) is 0 Å². The molecule has 1 aromatic rings. The number of aromatic nitrogens is 2. The summed E-state index contributed by atoms with van der Waals surface area (Å²) in [6.45, 7) is 6.41. The van der Waals surface area contributed by atoms with Gasteiger partial charge < -0.3 is 10.3 Å². The van der Waals surface area contributed by atoms with Gasteiger partial charge in [-0.2, -0.15) is 0 Å². The molecule has 0 aromatic carbocycles. The van der Waals surface area contributed by atoms with Gasteiger partial charge >= 0.3 is 0 Å². The molecule has 0 bridgehead atoms. The van der Waals surface area contributed by atoms with Gasteiger partial charge in [0.1, 0.15) is 0 Å². The molecule has 4 heteroatoms. The lowest BCUT2D eigenvalue weighted by atomic mass is 9.99. The highest BCUT2D eigenvalue weighted by atomic mass is 16.1. The number of hydrogen-bond donors (Lipinski definition) is 1. The molecule has 0 aliphatic rings. The number of hydrogen-bond acceptors (Lipinski definition) is 3. The highest BCUT2D eigenvalue weighted by molar-refractivity contribution is 5.94. The average molecular weight is 195 g/mol. The van der Waals surface area contributed by atoms with Crippen LogP contribution < -0.4 is 5.73 Å². The molecular weight excluding hydrogens is 178 g/mol. The molecule has 78 valence electrons. The third-order valence-corrected chi connectivity index (χ3v) is 2.48. The molecule has 1 aromatic heterocycles. The molecule has 1 rings (SSSR count). The van der Waals surface area contributed by atoms with Crippen LogP contribution in [0.25, 0.3) is 0 Å². The molecule has 0 amide bonds. The third-order valence-electron chi connectivity index (χ3n) is 2.48. The van der Waals surface area contributed by atoms with E-state index in [2.05, 4.69) is 4.98 Å². The number of nitrogens with two attached hydrogens (primary N) is 1. The first kappa shape index (κ1) is 10.9. The Kier molecular flexibility index (Phi) is 3.41. The molecule has 0 saturated carbocycles. The average Bonchev–Trinajstić information content (AvgIpc) is 2.62. The van der Waals surface area contributed by atoms with E-state index in [1.165, 1.54) is 0 Å². The van der Waals surface area contributed by atoms with Gasteiger partial charge in [-0.3, -0.25) is 4.79 Å². The van der Waals surface area contributed by atoms with E-state index < -0.39 is 0 Å². The van der Waals surface area contributed by atoms with Gasteiger partial charge in [0.05, 0.1) is 0 Å². The number of ketones is 1. The van der Waals surface area contributed by atoms with Gasteiger partial charge in [-0.25, -0.2) is 4.98 Å². The van der Waals surface area contributed by atoms with Gasteiger partial charge in [-0.05, 0) is 13.8 Å². The molecular formula is C10H17N3O. The summed E-state index contributed by atoms with van der Waals surface area (Å²) in [6, 6.07) is -0.135. The fraction of sp³-hybridized carbons (Fsp3) is 0.600. The van der Waals surface area contributed by atoms with Crippen molar-refractivity contribution in [2.45, 2.75) is 33.4 Å². The van der Waals surface area contributed by atoms with Gasteiger partial charge in [-0.1, -0.05) is 6.92 Å². The van der Waals surface area contributed by atoms with Crippen molar-refractivity contribution >= 4 is 5.78 Å². The van der Waals surface area contributed by atoms with Crippen molar-refractivity contribution < 1.29 is 4.79 Å². The first-order chi connectivity index (χ1) is 6.57. The standard InChI is InChI=1S/C10H17N3O/c1-4-13-6-5-12-10(13)9(14)7(2)8(3)11/h5-8H,4,11H2,1-3H3. The summed E-state index contributed by atoms with van der Waals surface area (Å²) in [4.78, 5) is 15.9. The van der Waals surface area contributed by atoms with Crippen LogP contribution in [0.5, 0.6) is 0 Å². The van der Waals surface area contributed by atoms with E-state index >= 15 is 0 Å². The number of carbonyl (C=O) groups excluding carboxylic acids is 1. The lowest BCUT2D eigenvalue weighted by Gasteiger charge is -2.14. The van der Waals surface area contributed by atoms with Crippen molar-refractivity contribution in [1.29, 1.82) is 0 Å². The number of imidazole rings is 1. The molecule has 0 radical (unpaired) electrons. The largest absolute Gasteiger partial charge is 0.329 e. The monoisotopic (exact) mass is 195 g/mol. The fourth-order valence-corrected chi connectivity index (χ4v) is 1.23. The quantitative estimate of drug-likeness (QED) is 0.731. The van der Waals surface area contributed by atoms with Crippen molar-refractivity contribution in [1.82, 2.24) is 9.55 Å². The molecule has 2 unspecified atom stereocenters. The van der Waals surface area contributed by atoms with E-state index in [9.17, 15) is 4.79 Å². The number of aryl methyl sites for hydroxylation is 1. The Bertz CT molecular complexity index is 317. The minimum Gasteiger partial charge on any atom is -0.329 e. The predicted octanol–water partition coefficient (Wildman–Crippen LogP) is 1.07. The Morgan fingerprint density at radius 2 is 2.29 bits per heavy atom. The van der Waals surface area contributed by atoms with Crippen LogP contribution >= 0.6 is 0 Å². The summed E-state index contributed by atoms with van der Waals surface area (Å²) in [6.07, 6.45) is 3.45. The van der Waals surface area contributed by atoms with Crippen LogP contribution in [0.2, 0.25) is 0 Å². The zero-order valence-corrected chi connectivity index (χ0v) is 8.90. The zero-order chi connectivity index (χ0) is 10.7. The van der Waals surface area contributed by atoms with E-state index in [4.69, 9.17) is 5.73 Å². The minimum absolute atomic E-state index is 0.0202. The second-order valence-electron chi connectivity index (χ2n) is 3.55. The van der Waals surface area contributed by atoms with Gasteiger partial charge in [0, 0.05) is 30.9 Å². The number of carbonyl (C=O) groups is 1. The summed E-state index contributed by atoms with van der Waals surface area (Å²) in [5, 5.41) is 0. The maximum atomic E-state index is 11.9. The maximum Gasteiger partial charge on any atom is 0.202 e. The molecule has 2 atom stereocenters. The van der Waals surface area contributed by atoms with E-state index in [0.717, 1.165) is 6.54 Å². The Labute approximate surface area is 84.1 Å². The molecule has 1 heterocycles. The summed E-state index contributed by atoms with van der Waals surface area (Å²) in [7, 11) is 0. The van der Waals surface area contributed by atoms with Gasteiger partial charge in [-0.15, -0.1) is 0 Å². The van der Waals surface area contributed by atoms with Crippen LogP contribution in [0.3, 0.4) is 0 Å². The molecule has 0 aliphatic heterocycles. The summed E-state index contributed by atoms with van der Waals surface area (Å²) in [5.41, 5.74) is 5.68. The maximum absolute atomic E-state index is 11.9. The molecule has 4 nitrogen and oxygen atoms in total. The first-order valence-electron chi connectivity index (χ1n) is 4.88. The molecule has 14 heavy (non-hydrogen) atoms. The molecule has 0 spiro atoms. The molecule has 0 aliphatic carbocycles. The van der Waals surface area contributed by atoms with Gasteiger partial charge in [0.25, 0.3) is 0 Å². The van der Waals surface area contributed by atoms with Crippen LogP contribution in [0.4, 0.5) is 0 Å². The number of nitrogens with zero attached hydrogens (tertiary/aromatic N) is 2. The minimum atomic E-state index is -0.178. The van der Waals surface area contributed by atoms with E-state index in [1.54, 1.807) is 12.4 Å². The second kappa shape index (κ2) is 4.37. The highest BCUT2D eigenvalue weighted by Gasteiger charge is 2.22. The lowest BCUT2D eigenvalue weighted by Crippen LogP contribution is -2.32. The SMILES string of the molecule is CCn1ccnc1C(=O)C(C)C(C)N. The Morgan fingerprint density at radius 3 is 2.79 bits per heavy atom. The van der Waals surface area contributed by atoms with Crippen molar-refractivity contribution in [3.63, 3.8) is 0 Å². The fourth-order valence-electron chi connectivity index (χ4n) is 1.23. The van der Waals surface area contributed by atoms with Crippen molar-refractivity contribution in [3.05, 3.63) is 18.2 Å². The zero-order valence-electron chi connectivity index (χ0n) is 8.90. The van der Waals surface area contributed by atoms with E-state index in [-0.39, 0.29) is 17.7 Å². The molecule has 0 fully saturated rings.